The maximum Gasteiger partial charge on any atom is 0.492 e. The Balaban J connectivity index is 1.72. The van der Waals surface area contributed by atoms with E-state index in [4.69, 9.17) is 9.39 Å². The van der Waals surface area contributed by atoms with Gasteiger partial charge in [0.2, 0.25) is 0 Å². The molecule has 0 unspecified atom stereocenters. The van der Waals surface area contributed by atoms with Crippen LogP contribution >= 0.6 is 0 Å². The normalized spacial score (nSPS) is 13.9. The summed E-state index contributed by atoms with van der Waals surface area (Å²) in [7, 11) is -1.12. The lowest BCUT2D eigenvalue weighted by molar-refractivity contribution is -0.148. The van der Waals surface area contributed by atoms with Crippen LogP contribution in [0.5, 0.6) is 0 Å². The summed E-state index contributed by atoms with van der Waals surface area (Å²) in [4.78, 5) is 25.3. The molecule has 1 aliphatic rings. The van der Waals surface area contributed by atoms with Crippen LogP contribution in [0.25, 0.3) is 0 Å². The van der Waals surface area contributed by atoms with Gasteiger partial charge in [-0.1, -0.05) is 19.9 Å². The molecule has 0 saturated heterocycles. The van der Waals surface area contributed by atoms with E-state index in [1.165, 1.54) is 0 Å². The van der Waals surface area contributed by atoms with Crippen molar-refractivity contribution in [2.24, 2.45) is 5.92 Å². The zero-order chi connectivity index (χ0) is 22.9. The molecule has 1 aliphatic heterocycles. The molecule has 10 heteroatoms. The third-order valence-electron chi connectivity index (χ3n) is 5.13. The second kappa shape index (κ2) is 9.11. The largest absolute Gasteiger partial charge is 0.492 e. The Bertz CT molecular complexity index is 1010. The first kappa shape index (κ1) is 22.8. The summed E-state index contributed by atoms with van der Waals surface area (Å²) in [6, 6.07) is 3.67. The van der Waals surface area contributed by atoms with E-state index in [2.05, 4.69) is 5.32 Å². The molecule has 164 valence electrons. The Morgan fingerprint density at radius 1 is 1.23 bits per heavy atom. The average Bonchev–Trinajstić information content (AvgIpc) is 3.09. The molecule has 2 N–H and O–H groups in total. The van der Waals surface area contributed by atoms with E-state index in [1.807, 2.05) is 0 Å². The van der Waals surface area contributed by atoms with Crippen LogP contribution in [0.15, 0.2) is 24.3 Å². The maximum atomic E-state index is 13.3. The van der Waals surface area contributed by atoms with E-state index in [9.17, 15) is 27.8 Å². The highest BCUT2D eigenvalue weighted by Gasteiger charge is 2.32. The lowest BCUT2D eigenvalue weighted by Crippen LogP contribution is -2.46. The molecule has 0 aromatic heterocycles. The predicted molar refractivity (Wildman–Crippen MR) is 106 cm³/mol. The van der Waals surface area contributed by atoms with Crippen LogP contribution in [0.3, 0.4) is 0 Å². The SMILES string of the molecule is Cc1c(C(=O)N[C@H](C(=O)OCc2cc(F)c(F)c(F)c2)C(C)C)ccc2c1B(O)OC2. The number of amides is 1. The fourth-order valence-electron chi connectivity index (χ4n) is 3.40. The summed E-state index contributed by atoms with van der Waals surface area (Å²) in [5, 5.41) is 12.6. The van der Waals surface area contributed by atoms with Gasteiger partial charge in [0.05, 0.1) is 6.61 Å². The van der Waals surface area contributed by atoms with Gasteiger partial charge in [-0.2, -0.15) is 0 Å². The van der Waals surface area contributed by atoms with Crippen molar-refractivity contribution in [3.8, 4) is 0 Å². The fraction of sp³-hybridized carbons (Fsp3) is 0.333. The number of hydrogen-bond donors (Lipinski definition) is 2. The quantitative estimate of drug-likeness (QED) is 0.413. The van der Waals surface area contributed by atoms with Crippen LogP contribution in [0.1, 0.15) is 40.9 Å². The molecular weight excluding hydrogens is 414 g/mol. The van der Waals surface area contributed by atoms with E-state index in [-0.39, 0.29) is 23.7 Å². The van der Waals surface area contributed by atoms with Crippen LogP contribution in [-0.4, -0.2) is 30.1 Å². The molecule has 3 rings (SSSR count). The minimum Gasteiger partial charge on any atom is -0.459 e. The standard InChI is InChI=1S/C21H21BF3NO5/c1-10(2)19(21(28)30-8-12-6-15(23)18(25)16(24)7-12)26-20(27)14-5-4-13-9-31-22(29)17(13)11(14)3/h4-7,10,19,29H,8-9H2,1-3H3,(H,26,27)/t19-/m0/s1. The van der Waals surface area contributed by atoms with Gasteiger partial charge in [0.15, 0.2) is 17.5 Å². The Kier molecular flexibility index (Phi) is 6.71. The monoisotopic (exact) mass is 435 g/mol. The molecule has 0 spiro atoms. The number of esters is 1. The second-order valence-electron chi connectivity index (χ2n) is 7.65. The number of benzene rings is 2. The number of hydrogen-bond acceptors (Lipinski definition) is 5. The molecule has 0 saturated carbocycles. The van der Waals surface area contributed by atoms with Gasteiger partial charge < -0.3 is 19.7 Å². The van der Waals surface area contributed by atoms with Crippen LogP contribution in [-0.2, 0) is 27.4 Å². The summed E-state index contributed by atoms with van der Waals surface area (Å²) in [6.45, 7) is 4.80. The molecule has 31 heavy (non-hydrogen) atoms. The molecule has 0 fully saturated rings. The van der Waals surface area contributed by atoms with Gasteiger partial charge >= 0.3 is 13.1 Å². The molecule has 1 heterocycles. The Morgan fingerprint density at radius 2 is 1.87 bits per heavy atom. The molecule has 2 aromatic carbocycles. The van der Waals surface area contributed by atoms with Gasteiger partial charge in [-0.3, -0.25) is 4.79 Å². The van der Waals surface area contributed by atoms with Crippen molar-refractivity contribution in [3.63, 3.8) is 0 Å². The number of fused-ring (bicyclic) bond motifs is 1. The van der Waals surface area contributed by atoms with Crippen LogP contribution < -0.4 is 10.8 Å². The van der Waals surface area contributed by atoms with Crippen molar-refractivity contribution in [2.45, 2.75) is 40.0 Å². The summed E-state index contributed by atoms with van der Waals surface area (Å²) < 4.78 is 50.0. The number of rotatable bonds is 6. The van der Waals surface area contributed by atoms with Gasteiger partial charge in [0.1, 0.15) is 12.6 Å². The highest BCUT2D eigenvalue weighted by atomic mass is 19.2. The zero-order valence-electron chi connectivity index (χ0n) is 17.2. The van der Waals surface area contributed by atoms with Crippen molar-refractivity contribution in [1.29, 1.82) is 0 Å². The predicted octanol–water partition coefficient (Wildman–Crippen LogP) is 2.13. The number of ether oxygens (including phenoxy) is 1. The minimum absolute atomic E-state index is 0.0676. The van der Waals surface area contributed by atoms with Crippen LogP contribution in [0.2, 0.25) is 0 Å². The van der Waals surface area contributed by atoms with E-state index < -0.39 is 49.1 Å². The molecule has 6 nitrogen and oxygen atoms in total. The number of carbonyl (C=O) groups is 2. The van der Waals surface area contributed by atoms with Crippen LogP contribution in [0, 0.1) is 30.3 Å². The van der Waals surface area contributed by atoms with Crippen molar-refractivity contribution < 1.29 is 37.2 Å². The van der Waals surface area contributed by atoms with E-state index in [1.54, 1.807) is 32.9 Å². The molecule has 2 aromatic rings. The van der Waals surface area contributed by atoms with Crippen molar-refractivity contribution >= 4 is 24.5 Å². The molecule has 0 bridgehead atoms. The summed E-state index contributed by atoms with van der Waals surface area (Å²) in [5.74, 6) is -6.11. The summed E-state index contributed by atoms with van der Waals surface area (Å²) in [6.07, 6.45) is 0. The average molecular weight is 435 g/mol. The van der Waals surface area contributed by atoms with Crippen LogP contribution in [0.4, 0.5) is 13.2 Å². The van der Waals surface area contributed by atoms with E-state index in [0.717, 1.165) is 17.7 Å². The smallest absolute Gasteiger partial charge is 0.459 e. The van der Waals surface area contributed by atoms with Crippen molar-refractivity contribution in [3.05, 3.63) is 64.0 Å². The molecule has 1 amide bonds. The van der Waals surface area contributed by atoms with Crippen molar-refractivity contribution in [1.82, 2.24) is 5.32 Å². The topological polar surface area (TPSA) is 84.9 Å². The van der Waals surface area contributed by atoms with Gasteiger partial charge in [0, 0.05) is 5.56 Å². The van der Waals surface area contributed by atoms with Gasteiger partial charge in [-0.25, -0.2) is 18.0 Å². The lowest BCUT2D eigenvalue weighted by atomic mass is 9.75. The number of nitrogens with one attached hydrogen (secondary N) is 1. The van der Waals surface area contributed by atoms with Crippen molar-refractivity contribution in [2.75, 3.05) is 0 Å². The number of halogens is 3. The first-order valence-corrected chi connectivity index (χ1v) is 9.63. The molecule has 0 aliphatic carbocycles. The van der Waals surface area contributed by atoms with Gasteiger partial charge in [0.25, 0.3) is 5.91 Å². The second-order valence-corrected chi connectivity index (χ2v) is 7.65. The number of carbonyl (C=O) groups excluding carboxylic acids is 2. The van der Waals surface area contributed by atoms with E-state index in [0.29, 0.717) is 11.0 Å². The Morgan fingerprint density at radius 3 is 2.48 bits per heavy atom. The highest BCUT2D eigenvalue weighted by Crippen LogP contribution is 2.18. The molecular formula is C21H21BF3NO5. The van der Waals surface area contributed by atoms with Gasteiger partial charge in [-0.05, 0) is 53.2 Å². The lowest BCUT2D eigenvalue weighted by Gasteiger charge is -2.22. The minimum atomic E-state index is -1.61. The van der Waals surface area contributed by atoms with Gasteiger partial charge in [-0.15, -0.1) is 0 Å². The highest BCUT2D eigenvalue weighted by molar-refractivity contribution is 6.62. The first-order chi connectivity index (χ1) is 14.6. The summed E-state index contributed by atoms with van der Waals surface area (Å²) >= 11 is 0. The third kappa shape index (κ3) is 4.75. The fourth-order valence-corrected chi connectivity index (χ4v) is 3.40. The molecule has 0 radical (unpaired) electrons. The summed E-state index contributed by atoms with van der Waals surface area (Å²) in [5.41, 5.74) is 2.04. The third-order valence-corrected chi connectivity index (χ3v) is 5.13. The first-order valence-electron chi connectivity index (χ1n) is 9.63. The molecule has 1 atom stereocenters. The Labute approximate surface area is 177 Å². The van der Waals surface area contributed by atoms with E-state index >= 15 is 0 Å². The maximum absolute atomic E-state index is 13.3. The Hall–Kier alpha value is -2.85. The zero-order valence-corrected chi connectivity index (χ0v) is 17.2.